The van der Waals surface area contributed by atoms with Gasteiger partial charge in [0.25, 0.3) is 0 Å². The minimum atomic E-state index is -0.490. The second kappa shape index (κ2) is 19.7. The number of ether oxygens (including phenoxy) is 4. The molecule has 2 heterocycles. The molecule has 0 bridgehead atoms. The Morgan fingerprint density at radius 2 is 1.35 bits per heavy atom. The first-order valence-electron chi connectivity index (χ1n) is 20.4. The summed E-state index contributed by atoms with van der Waals surface area (Å²) in [6.45, 7) is 22.4. The third kappa shape index (κ3) is 13.6. The molecule has 1 aliphatic rings. The van der Waals surface area contributed by atoms with Crippen molar-refractivity contribution in [1.29, 1.82) is 0 Å². The Bertz CT molecular complexity index is 1810. The van der Waals surface area contributed by atoms with Crippen molar-refractivity contribution in [1.82, 2.24) is 20.3 Å². The molecule has 0 saturated heterocycles. The Morgan fingerprint density at radius 1 is 0.754 bits per heavy atom. The minimum absolute atomic E-state index is 0.0562. The molecule has 0 atom stereocenters. The molecule has 0 unspecified atom stereocenters. The van der Waals surface area contributed by atoms with E-state index in [0.717, 1.165) is 34.5 Å². The second-order valence-corrected chi connectivity index (χ2v) is 17.9. The first-order valence-corrected chi connectivity index (χ1v) is 20.4. The molecule has 57 heavy (non-hydrogen) atoms. The summed E-state index contributed by atoms with van der Waals surface area (Å²) in [6, 6.07) is 15.8. The van der Waals surface area contributed by atoms with E-state index in [9.17, 15) is 14.4 Å². The average Bonchev–Trinajstić information content (AvgIpc) is 3.56. The SMILES string of the molecule is COC(C)(C)CCOC(C)(C)CCNC(=O)CCC(=O)N1Cc2ccccc2-c2c(nnn2CCC(C)(C)OCCC(C)(C)OCC(=O)C(C)C)-c2ccccc21. The zero-order valence-corrected chi connectivity index (χ0v) is 36.3. The molecule has 2 amide bonds. The van der Waals surface area contributed by atoms with Gasteiger partial charge in [0, 0.05) is 50.1 Å². The van der Waals surface area contributed by atoms with Crippen LogP contribution in [0.2, 0.25) is 0 Å². The molecule has 3 aromatic rings. The van der Waals surface area contributed by atoms with E-state index in [4.69, 9.17) is 24.0 Å². The highest BCUT2D eigenvalue weighted by Crippen LogP contribution is 2.41. The van der Waals surface area contributed by atoms with Crippen LogP contribution in [0.1, 0.15) is 113 Å². The molecule has 0 fully saturated rings. The lowest BCUT2D eigenvalue weighted by molar-refractivity contribution is -0.134. The molecule has 0 saturated carbocycles. The van der Waals surface area contributed by atoms with Crippen molar-refractivity contribution in [3.05, 3.63) is 54.1 Å². The summed E-state index contributed by atoms with van der Waals surface area (Å²) in [5.74, 6) is -0.287. The molecule has 12 heteroatoms. The van der Waals surface area contributed by atoms with Crippen molar-refractivity contribution in [2.24, 2.45) is 5.92 Å². The van der Waals surface area contributed by atoms with Gasteiger partial charge in [0.2, 0.25) is 11.8 Å². The normalized spacial score (nSPS) is 13.4. The summed E-state index contributed by atoms with van der Waals surface area (Å²) in [5, 5.41) is 12.3. The number of hydrogen-bond donors (Lipinski definition) is 1. The Balaban J connectivity index is 1.41. The van der Waals surface area contributed by atoms with E-state index in [1.54, 1.807) is 12.0 Å². The molecule has 0 spiro atoms. The first-order chi connectivity index (χ1) is 26.7. The van der Waals surface area contributed by atoms with E-state index in [-0.39, 0.29) is 48.6 Å². The molecular weight excluding hydrogens is 723 g/mol. The summed E-state index contributed by atoms with van der Waals surface area (Å²) in [4.78, 5) is 40.8. The quantitative estimate of drug-likeness (QED) is 0.108. The molecule has 2 aromatic carbocycles. The van der Waals surface area contributed by atoms with Crippen LogP contribution in [0.15, 0.2) is 48.5 Å². The van der Waals surface area contributed by atoms with Crippen molar-refractivity contribution in [2.75, 3.05) is 38.4 Å². The third-order valence-electron chi connectivity index (χ3n) is 10.8. The van der Waals surface area contributed by atoms with Crippen LogP contribution in [0, 0.1) is 5.92 Å². The number of nitrogens with zero attached hydrogens (tertiary/aromatic N) is 4. The fraction of sp³-hybridized carbons (Fsp3) is 0.622. The van der Waals surface area contributed by atoms with Gasteiger partial charge >= 0.3 is 0 Å². The van der Waals surface area contributed by atoms with E-state index in [0.29, 0.717) is 57.8 Å². The second-order valence-electron chi connectivity index (χ2n) is 17.9. The summed E-state index contributed by atoms with van der Waals surface area (Å²) < 4.78 is 25.8. The summed E-state index contributed by atoms with van der Waals surface area (Å²) in [5.41, 5.74) is 3.39. The average molecular weight is 790 g/mol. The lowest BCUT2D eigenvalue weighted by Gasteiger charge is -2.30. The Morgan fingerprint density at radius 3 is 2.02 bits per heavy atom. The maximum Gasteiger partial charge on any atom is 0.227 e. The Labute approximate surface area is 340 Å². The van der Waals surface area contributed by atoms with Gasteiger partial charge in [0.15, 0.2) is 5.78 Å². The van der Waals surface area contributed by atoms with E-state index in [1.807, 2.05) is 103 Å². The largest absolute Gasteiger partial charge is 0.379 e. The van der Waals surface area contributed by atoms with Gasteiger partial charge in [-0.2, -0.15) is 0 Å². The number of carbonyl (C=O) groups excluding carboxylic acids is 3. The van der Waals surface area contributed by atoms with Crippen molar-refractivity contribution >= 4 is 23.3 Å². The lowest BCUT2D eigenvalue weighted by atomic mass is 9.95. The topological polar surface area (TPSA) is 134 Å². The zero-order chi connectivity index (χ0) is 42.0. The molecule has 1 aromatic heterocycles. The van der Waals surface area contributed by atoms with Crippen molar-refractivity contribution in [3.63, 3.8) is 0 Å². The van der Waals surface area contributed by atoms with Crippen LogP contribution in [-0.4, -0.2) is 88.5 Å². The number of amides is 2. The molecule has 1 N–H and O–H groups in total. The van der Waals surface area contributed by atoms with E-state index >= 15 is 0 Å². The highest BCUT2D eigenvalue weighted by atomic mass is 16.5. The van der Waals surface area contributed by atoms with Crippen molar-refractivity contribution in [3.8, 4) is 22.5 Å². The molecular formula is C45H67N5O7. The Kier molecular flexibility index (Phi) is 15.8. The van der Waals surface area contributed by atoms with Gasteiger partial charge in [-0.25, -0.2) is 4.68 Å². The highest BCUT2D eigenvalue weighted by molar-refractivity contribution is 6.01. The van der Waals surface area contributed by atoms with Crippen LogP contribution < -0.4 is 10.2 Å². The number of ketones is 1. The number of nitrogens with one attached hydrogen (secondary N) is 1. The van der Waals surface area contributed by atoms with Crippen LogP contribution in [0.25, 0.3) is 22.5 Å². The summed E-state index contributed by atoms with van der Waals surface area (Å²) in [6.07, 6.45) is 2.85. The molecule has 1 aliphatic heterocycles. The number of carbonyl (C=O) groups is 3. The van der Waals surface area contributed by atoms with Crippen molar-refractivity contribution in [2.45, 2.75) is 143 Å². The fourth-order valence-corrected chi connectivity index (χ4v) is 6.41. The molecule has 0 aliphatic carbocycles. The van der Waals surface area contributed by atoms with Gasteiger partial charge in [0.05, 0.1) is 53.5 Å². The van der Waals surface area contributed by atoms with Crippen molar-refractivity contribution < 1.29 is 33.3 Å². The number of methoxy groups -OCH3 is 1. The third-order valence-corrected chi connectivity index (χ3v) is 10.8. The smallest absolute Gasteiger partial charge is 0.227 e. The maximum absolute atomic E-state index is 14.0. The molecule has 12 nitrogen and oxygen atoms in total. The summed E-state index contributed by atoms with van der Waals surface area (Å²) >= 11 is 0. The molecule has 314 valence electrons. The van der Waals surface area contributed by atoms with Crippen LogP contribution in [0.5, 0.6) is 0 Å². The van der Waals surface area contributed by atoms with Gasteiger partial charge in [-0.05, 0) is 92.7 Å². The minimum Gasteiger partial charge on any atom is -0.379 e. The van der Waals surface area contributed by atoms with E-state index < -0.39 is 16.8 Å². The standard InChI is InChI=1S/C45H67N5O7/c1-32(2)37(51)31-57-45(9,10)25-29-56-44(7,8)23-27-50-41-34-17-13-12-16-33(34)30-49(36-19-15-14-18-35(36)40(41)47-48-50)39(53)21-20-38(52)46-26-22-43(5,6)55-28-24-42(3,4)54-11/h12-19,32H,20-31H2,1-11H3,(H,46,52). The van der Waals surface area contributed by atoms with Gasteiger partial charge in [-0.1, -0.05) is 61.5 Å². The van der Waals surface area contributed by atoms with Gasteiger partial charge < -0.3 is 29.2 Å². The fourth-order valence-electron chi connectivity index (χ4n) is 6.41. The molecule has 4 rings (SSSR count). The van der Waals surface area contributed by atoms with Gasteiger partial charge in [-0.15, -0.1) is 5.10 Å². The highest BCUT2D eigenvalue weighted by Gasteiger charge is 2.31. The number of benzene rings is 2. The van der Waals surface area contributed by atoms with Gasteiger partial charge in [0.1, 0.15) is 12.3 Å². The number of fused-ring (bicyclic) bond motifs is 5. The first kappa shape index (κ1) is 45.7. The van der Waals surface area contributed by atoms with Crippen LogP contribution in [0.3, 0.4) is 0 Å². The predicted octanol–water partition coefficient (Wildman–Crippen LogP) is 7.95. The zero-order valence-electron chi connectivity index (χ0n) is 36.3. The van der Waals surface area contributed by atoms with Crippen LogP contribution in [0.4, 0.5) is 5.69 Å². The molecule has 0 radical (unpaired) electrons. The maximum atomic E-state index is 14.0. The van der Waals surface area contributed by atoms with Gasteiger partial charge in [-0.3, -0.25) is 14.4 Å². The van der Waals surface area contributed by atoms with Crippen LogP contribution >= 0.6 is 0 Å². The lowest BCUT2D eigenvalue weighted by Crippen LogP contribution is -2.35. The predicted molar refractivity (Wildman–Crippen MR) is 224 cm³/mol. The van der Waals surface area contributed by atoms with E-state index in [1.165, 1.54) is 0 Å². The number of para-hydroxylation sites is 1. The van der Waals surface area contributed by atoms with Crippen LogP contribution in [-0.2, 0) is 46.4 Å². The Hall–Kier alpha value is -3.97. The number of aromatic nitrogens is 3. The number of anilines is 1. The number of rotatable bonds is 22. The number of Topliss-reactive ketones (excluding diaryl/α,β-unsaturated/α-hetero) is 1. The number of hydrogen-bond acceptors (Lipinski definition) is 9. The van der Waals surface area contributed by atoms with E-state index in [2.05, 4.69) is 30.4 Å². The number of aryl methyl sites for hydroxylation is 1. The monoisotopic (exact) mass is 790 g/mol. The summed E-state index contributed by atoms with van der Waals surface area (Å²) in [7, 11) is 1.70.